The number of hydrogen-bond acceptors (Lipinski definition) is 5. The molecule has 2 fully saturated rings. The largest absolute Gasteiger partial charge is 0.347 e. The van der Waals surface area contributed by atoms with E-state index in [0.717, 1.165) is 44.9 Å². The minimum absolute atomic E-state index is 0.00693. The van der Waals surface area contributed by atoms with Gasteiger partial charge in [0.2, 0.25) is 6.54 Å². The molecule has 0 bridgehead atoms. The van der Waals surface area contributed by atoms with Crippen molar-refractivity contribution in [1.29, 1.82) is 0 Å². The highest BCUT2D eigenvalue weighted by Crippen LogP contribution is 2.51. The maximum Gasteiger partial charge on any atom is 0.207 e. The molecule has 2 aliphatic rings. The summed E-state index contributed by atoms with van der Waals surface area (Å²) in [6.07, 6.45) is 16.1. The number of allylic oxidation sites excluding steroid dienone is 4. The van der Waals surface area contributed by atoms with Crippen LogP contribution in [0.3, 0.4) is 0 Å². The van der Waals surface area contributed by atoms with Crippen LogP contribution in [0.1, 0.15) is 71.6 Å². The molecule has 0 aromatic rings. The van der Waals surface area contributed by atoms with Gasteiger partial charge in [0, 0.05) is 29.6 Å². The van der Waals surface area contributed by atoms with Crippen LogP contribution in [0, 0.1) is 27.9 Å². The fourth-order valence-corrected chi connectivity index (χ4v) is 4.62. The van der Waals surface area contributed by atoms with Gasteiger partial charge in [-0.3, -0.25) is 14.9 Å². The van der Waals surface area contributed by atoms with Crippen LogP contribution in [-0.4, -0.2) is 36.3 Å². The number of rotatable bonds is 13. The van der Waals surface area contributed by atoms with E-state index in [1.54, 1.807) is 6.08 Å². The van der Waals surface area contributed by atoms with Gasteiger partial charge in [-0.2, -0.15) is 0 Å². The Labute approximate surface area is 174 Å². The van der Waals surface area contributed by atoms with Crippen LogP contribution >= 0.6 is 0 Å². The summed E-state index contributed by atoms with van der Waals surface area (Å²) in [5.41, 5.74) is 0. The van der Waals surface area contributed by atoms with Gasteiger partial charge >= 0.3 is 0 Å². The first kappa shape index (κ1) is 23.7. The lowest BCUT2D eigenvalue weighted by Gasteiger charge is -2.30. The van der Waals surface area contributed by atoms with Gasteiger partial charge < -0.3 is 9.47 Å². The van der Waals surface area contributed by atoms with Crippen molar-refractivity contribution < 1.29 is 19.2 Å². The summed E-state index contributed by atoms with van der Waals surface area (Å²) in [4.78, 5) is 23.3. The smallest absolute Gasteiger partial charge is 0.207 e. The second-order valence-corrected chi connectivity index (χ2v) is 8.30. The zero-order chi connectivity index (χ0) is 21.1. The number of unbranched alkanes of at least 4 members (excludes halogenated alkanes) is 4. The molecule has 0 amide bonds. The second kappa shape index (κ2) is 12.2. The van der Waals surface area contributed by atoms with Crippen LogP contribution in [0.4, 0.5) is 0 Å². The molecule has 1 saturated carbocycles. The third kappa shape index (κ3) is 7.03. The lowest BCUT2D eigenvalue weighted by Crippen LogP contribution is -2.36. The average Bonchev–Trinajstić information content (AvgIpc) is 3.25. The van der Waals surface area contributed by atoms with Crippen molar-refractivity contribution in [2.75, 3.05) is 19.8 Å². The molecule has 6 nitrogen and oxygen atoms in total. The predicted octanol–water partition coefficient (Wildman–Crippen LogP) is 5.10. The number of hydrogen-bond donors (Lipinski definition) is 0. The summed E-state index contributed by atoms with van der Waals surface area (Å²) in [5, 5.41) is 11.3. The van der Waals surface area contributed by atoms with Crippen LogP contribution in [0.15, 0.2) is 24.3 Å². The molecule has 1 aliphatic heterocycles. The van der Waals surface area contributed by atoms with Gasteiger partial charge in [-0.15, -0.1) is 0 Å². The maximum absolute atomic E-state index is 12.3. The quantitative estimate of drug-likeness (QED) is 0.139. The van der Waals surface area contributed by atoms with Gasteiger partial charge in [-0.05, 0) is 31.3 Å². The Morgan fingerprint density at radius 1 is 1.14 bits per heavy atom. The number of nitrogens with zero attached hydrogens (tertiary/aromatic N) is 1. The van der Waals surface area contributed by atoms with E-state index in [0.29, 0.717) is 26.1 Å². The first-order valence-electron chi connectivity index (χ1n) is 11.3. The molecule has 164 valence electrons. The van der Waals surface area contributed by atoms with Crippen LogP contribution in [-0.2, 0) is 14.3 Å². The number of carbonyl (C=O) groups is 1. The van der Waals surface area contributed by atoms with Crippen LogP contribution in [0.25, 0.3) is 0 Å². The Hall–Kier alpha value is -1.53. The summed E-state index contributed by atoms with van der Waals surface area (Å²) in [6.45, 7) is 5.20. The minimum Gasteiger partial charge on any atom is -0.347 e. The molecule has 6 heteroatoms. The molecule has 1 spiro atoms. The second-order valence-electron chi connectivity index (χ2n) is 8.30. The van der Waals surface area contributed by atoms with E-state index in [4.69, 9.17) is 9.47 Å². The first-order chi connectivity index (χ1) is 14.0. The fraction of sp³-hybridized carbons (Fsp3) is 0.783. The Bertz CT molecular complexity index is 580. The van der Waals surface area contributed by atoms with Gasteiger partial charge in [-0.1, -0.05) is 57.8 Å². The van der Waals surface area contributed by atoms with Crippen molar-refractivity contribution in [3.63, 3.8) is 0 Å². The molecule has 2 rings (SSSR count). The lowest BCUT2D eigenvalue weighted by molar-refractivity contribution is -0.489. The third-order valence-corrected chi connectivity index (χ3v) is 6.09. The first-order valence-corrected chi connectivity index (χ1v) is 11.3. The van der Waals surface area contributed by atoms with Crippen LogP contribution in [0.5, 0.6) is 0 Å². The summed E-state index contributed by atoms with van der Waals surface area (Å²) in [5.74, 6) is -0.936. The van der Waals surface area contributed by atoms with Crippen molar-refractivity contribution in [3.05, 3.63) is 34.4 Å². The zero-order valence-corrected chi connectivity index (χ0v) is 18.0. The number of ketones is 1. The Balaban J connectivity index is 2.15. The highest BCUT2D eigenvalue weighted by atomic mass is 16.7. The van der Waals surface area contributed by atoms with Gasteiger partial charge in [0.15, 0.2) is 11.6 Å². The Kier molecular flexibility index (Phi) is 10.0. The lowest BCUT2D eigenvalue weighted by atomic mass is 9.85. The number of ether oxygens (including phenoxy) is 2. The topological polar surface area (TPSA) is 78.7 Å². The van der Waals surface area contributed by atoms with E-state index < -0.39 is 5.79 Å². The maximum atomic E-state index is 12.3. The number of nitro groups is 1. The molecule has 1 heterocycles. The molecule has 3 unspecified atom stereocenters. The van der Waals surface area contributed by atoms with Crippen molar-refractivity contribution >= 4 is 5.78 Å². The van der Waals surface area contributed by atoms with Gasteiger partial charge in [-0.25, -0.2) is 0 Å². The van der Waals surface area contributed by atoms with Crippen molar-refractivity contribution in [2.45, 2.75) is 77.4 Å². The molecule has 0 radical (unpaired) electrons. The van der Waals surface area contributed by atoms with Gasteiger partial charge in [0.1, 0.15) is 0 Å². The van der Waals surface area contributed by atoms with E-state index in [1.807, 2.05) is 6.08 Å². The van der Waals surface area contributed by atoms with E-state index in [9.17, 15) is 14.9 Å². The number of carbonyl (C=O) groups excluding carboxylic acids is 1. The van der Waals surface area contributed by atoms with E-state index in [1.165, 1.54) is 0 Å². The van der Waals surface area contributed by atoms with E-state index in [-0.39, 0.29) is 35.0 Å². The monoisotopic (exact) mass is 407 g/mol. The van der Waals surface area contributed by atoms with Crippen molar-refractivity contribution in [1.82, 2.24) is 0 Å². The van der Waals surface area contributed by atoms with Crippen LogP contribution < -0.4 is 0 Å². The fourth-order valence-electron chi connectivity index (χ4n) is 4.62. The molecule has 0 aromatic carbocycles. The standard InChI is InChI=1S/C23H37NO5/c1-3-5-7-8-10-12-22-21(14-13-20(25)11-9-6-4-2)19(18-24(26)27)17-23(22)28-15-16-29-23/h8,10,13-14,19,21-22H,3-7,9,11-12,15-18H2,1-2H3. The average molecular weight is 408 g/mol. The Morgan fingerprint density at radius 3 is 2.52 bits per heavy atom. The molecule has 3 atom stereocenters. The normalized spacial score (nSPS) is 26.2. The predicted molar refractivity (Wildman–Crippen MR) is 113 cm³/mol. The summed E-state index contributed by atoms with van der Waals surface area (Å²) < 4.78 is 12.0. The molecule has 0 aromatic heterocycles. The highest BCUT2D eigenvalue weighted by Gasteiger charge is 2.57. The van der Waals surface area contributed by atoms with Crippen molar-refractivity contribution in [2.24, 2.45) is 17.8 Å². The minimum atomic E-state index is -0.754. The summed E-state index contributed by atoms with van der Waals surface area (Å²) in [6, 6.07) is 0. The molecule has 0 N–H and O–H groups in total. The summed E-state index contributed by atoms with van der Waals surface area (Å²) in [7, 11) is 0. The molecule has 29 heavy (non-hydrogen) atoms. The van der Waals surface area contributed by atoms with E-state index in [2.05, 4.69) is 26.0 Å². The Morgan fingerprint density at radius 2 is 1.86 bits per heavy atom. The third-order valence-electron chi connectivity index (χ3n) is 6.09. The molecular formula is C23H37NO5. The van der Waals surface area contributed by atoms with Gasteiger partial charge in [0.05, 0.1) is 13.2 Å². The SMILES string of the molecule is CCCCC=CCC1C(C=CC(=O)CCCCC)C(C[N+](=O)[O-])CC12OCCO2. The van der Waals surface area contributed by atoms with Crippen LogP contribution in [0.2, 0.25) is 0 Å². The van der Waals surface area contributed by atoms with E-state index >= 15 is 0 Å². The molecular weight excluding hydrogens is 370 g/mol. The molecule has 1 saturated heterocycles. The van der Waals surface area contributed by atoms with Crippen molar-refractivity contribution in [3.8, 4) is 0 Å². The van der Waals surface area contributed by atoms with Gasteiger partial charge in [0.25, 0.3) is 0 Å². The molecule has 1 aliphatic carbocycles. The zero-order valence-electron chi connectivity index (χ0n) is 18.0. The highest BCUT2D eigenvalue weighted by molar-refractivity contribution is 5.89. The summed E-state index contributed by atoms with van der Waals surface area (Å²) >= 11 is 0.